The van der Waals surface area contributed by atoms with E-state index in [1.165, 1.54) is 37.8 Å². The lowest BCUT2D eigenvalue weighted by Crippen LogP contribution is -2.33. The molecule has 0 saturated carbocycles. The van der Waals surface area contributed by atoms with Gasteiger partial charge < -0.3 is 14.2 Å². The molecule has 0 heterocycles. The Morgan fingerprint density at radius 1 is 0.636 bits per heavy atom. The minimum absolute atomic E-state index is 0.0362. The average molecular weight is 613 g/mol. The van der Waals surface area contributed by atoms with E-state index in [4.69, 9.17) is 14.2 Å². The van der Waals surface area contributed by atoms with Crippen LogP contribution in [0, 0.1) is 0 Å². The molecule has 1 atom stereocenters. The van der Waals surface area contributed by atoms with Crippen molar-refractivity contribution in [3.63, 3.8) is 0 Å². The van der Waals surface area contributed by atoms with E-state index in [2.05, 4.69) is 6.92 Å². The van der Waals surface area contributed by atoms with Gasteiger partial charge in [-0.05, 0) is 66.8 Å². The molecule has 0 aliphatic rings. The Labute approximate surface area is 258 Å². The number of unbranched alkanes of at least 4 members (excludes halogenated alkanes) is 8. The van der Waals surface area contributed by atoms with Gasteiger partial charge in [0.25, 0.3) is 0 Å². The fraction of sp³-hybridized carbons (Fsp3) is 0.444. The summed E-state index contributed by atoms with van der Waals surface area (Å²) in [4.78, 5) is 25.3. The zero-order valence-electron chi connectivity index (χ0n) is 25.7. The molecule has 0 N–H and O–H groups in total. The van der Waals surface area contributed by atoms with Gasteiger partial charge >= 0.3 is 18.1 Å². The summed E-state index contributed by atoms with van der Waals surface area (Å²) in [7, 11) is 0. The molecule has 0 aliphatic carbocycles. The molecule has 3 aromatic rings. The van der Waals surface area contributed by atoms with Crippen LogP contribution in [0.1, 0.15) is 105 Å². The number of hydrogen-bond acceptors (Lipinski definition) is 5. The van der Waals surface area contributed by atoms with Gasteiger partial charge in [-0.25, -0.2) is 9.59 Å². The Morgan fingerprint density at radius 3 is 1.70 bits per heavy atom. The second-order valence-electron chi connectivity index (χ2n) is 10.9. The highest BCUT2D eigenvalue weighted by molar-refractivity contribution is 5.92. The van der Waals surface area contributed by atoms with Crippen LogP contribution in [-0.4, -0.2) is 30.8 Å². The maximum atomic E-state index is 13.4. The monoisotopic (exact) mass is 612 g/mol. The molecule has 0 amide bonds. The van der Waals surface area contributed by atoms with E-state index in [1.54, 1.807) is 54.6 Å². The molecule has 0 fully saturated rings. The molecule has 1 unspecified atom stereocenters. The zero-order chi connectivity index (χ0) is 31.8. The first kappa shape index (κ1) is 34.7. The van der Waals surface area contributed by atoms with Crippen molar-refractivity contribution < 1.29 is 37.0 Å². The molecule has 3 rings (SSSR count). The summed E-state index contributed by atoms with van der Waals surface area (Å²) >= 11 is 0. The van der Waals surface area contributed by atoms with Crippen molar-refractivity contribution in [2.45, 2.75) is 96.8 Å². The second kappa shape index (κ2) is 18.1. The maximum Gasteiger partial charge on any atom is 0.425 e. The van der Waals surface area contributed by atoms with Gasteiger partial charge in [0.05, 0.1) is 17.7 Å². The van der Waals surface area contributed by atoms with E-state index in [-0.39, 0.29) is 12.0 Å². The molecule has 0 aliphatic heterocycles. The summed E-state index contributed by atoms with van der Waals surface area (Å²) in [5.74, 6) is -0.672. The minimum atomic E-state index is -4.62. The number of halogens is 3. The van der Waals surface area contributed by atoms with Crippen LogP contribution in [0.25, 0.3) is 11.1 Å². The Hall–Kier alpha value is -3.81. The van der Waals surface area contributed by atoms with Crippen molar-refractivity contribution in [3.8, 4) is 22.6 Å². The van der Waals surface area contributed by atoms with Crippen LogP contribution < -0.4 is 9.47 Å². The van der Waals surface area contributed by atoms with Crippen LogP contribution in [0.2, 0.25) is 0 Å². The van der Waals surface area contributed by atoms with E-state index in [1.807, 2.05) is 13.0 Å². The van der Waals surface area contributed by atoms with Crippen LogP contribution in [0.15, 0.2) is 72.8 Å². The largest absolute Gasteiger partial charge is 0.490 e. The average Bonchev–Trinajstić information content (AvgIpc) is 3.02. The molecule has 44 heavy (non-hydrogen) atoms. The topological polar surface area (TPSA) is 61.8 Å². The highest BCUT2D eigenvalue weighted by atomic mass is 19.4. The van der Waals surface area contributed by atoms with Gasteiger partial charge in [0.1, 0.15) is 0 Å². The number of rotatable bonds is 18. The summed E-state index contributed by atoms with van der Waals surface area (Å²) < 4.78 is 56.6. The normalized spacial score (nSPS) is 12.0. The third-order valence-electron chi connectivity index (χ3n) is 7.32. The third kappa shape index (κ3) is 11.4. The molecule has 0 radical (unpaired) electrons. The van der Waals surface area contributed by atoms with Crippen LogP contribution in [-0.2, 0) is 4.74 Å². The van der Waals surface area contributed by atoms with Gasteiger partial charge in [0, 0.05) is 0 Å². The highest BCUT2D eigenvalue weighted by Gasteiger charge is 2.42. The van der Waals surface area contributed by atoms with Crippen molar-refractivity contribution >= 4 is 11.9 Å². The van der Waals surface area contributed by atoms with Crippen molar-refractivity contribution in [3.05, 3.63) is 83.9 Å². The smallest absolute Gasteiger partial charge is 0.425 e. The first-order valence-corrected chi connectivity index (χ1v) is 15.6. The summed E-state index contributed by atoms with van der Waals surface area (Å²) in [5.41, 5.74) is 1.86. The molecule has 0 saturated heterocycles. The van der Waals surface area contributed by atoms with Crippen molar-refractivity contribution in [1.82, 2.24) is 0 Å². The molecular formula is C36H43F3O5. The number of alkyl halides is 3. The fourth-order valence-corrected chi connectivity index (χ4v) is 4.72. The fourth-order valence-electron chi connectivity index (χ4n) is 4.72. The molecule has 0 aromatic heterocycles. The van der Waals surface area contributed by atoms with Crippen LogP contribution in [0.3, 0.4) is 0 Å². The first-order chi connectivity index (χ1) is 21.2. The lowest BCUT2D eigenvalue weighted by atomic mass is 10.0. The van der Waals surface area contributed by atoms with E-state index < -0.39 is 24.2 Å². The van der Waals surface area contributed by atoms with Crippen LogP contribution in [0.4, 0.5) is 13.2 Å². The number of benzene rings is 3. The molecule has 5 nitrogen and oxygen atoms in total. The number of para-hydroxylation sites is 2. The van der Waals surface area contributed by atoms with Gasteiger partial charge in [-0.2, -0.15) is 13.2 Å². The van der Waals surface area contributed by atoms with Crippen molar-refractivity contribution in [2.75, 3.05) is 6.61 Å². The lowest BCUT2D eigenvalue weighted by molar-refractivity contribution is -0.206. The quantitative estimate of drug-likeness (QED) is 0.0813. The Balaban J connectivity index is 1.56. The Morgan fingerprint density at radius 2 is 1.14 bits per heavy atom. The van der Waals surface area contributed by atoms with E-state index in [0.29, 0.717) is 36.5 Å². The number of carbonyl (C=O) groups is 2. The van der Waals surface area contributed by atoms with Gasteiger partial charge in [-0.3, -0.25) is 0 Å². The number of carbonyl (C=O) groups excluding carboxylic acids is 2. The standard InChI is InChI=1S/C36H43F3O5/c1-3-5-7-9-10-14-26-42-31-15-12-13-16-32(31)43-34(40)29-22-18-27(19-23-29)28-20-24-30(25-21-28)35(41)44-33(36(37,38)39)17-11-8-6-4-2/h12-13,15-16,18-25,33H,3-11,14,17,26H2,1-2H3. The van der Waals surface area contributed by atoms with Gasteiger partial charge in [0.15, 0.2) is 17.6 Å². The summed E-state index contributed by atoms with van der Waals surface area (Å²) in [6, 6.07) is 19.9. The SMILES string of the molecule is CCCCCCCCOc1ccccc1OC(=O)c1ccc(-c2ccc(C(=O)OC(CCCCCC)C(F)(F)F)cc2)cc1. The second-order valence-corrected chi connectivity index (χ2v) is 10.9. The maximum absolute atomic E-state index is 13.4. The molecule has 8 heteroatoms. The lowest BCUT2D eigenvalue weighted by Gasteiger charge is -2.20. The highest BCUT2D eigenvalue weighted by Crippen LogP contribution is 2.30. The van der Waals surface area contributed by atoms with E-state index >= 15 is 0 Å². The van der Waals surface area contributed by atoms with Crippen molar-refractivity contribution in [1.29, 1.82) is 0 Å². The number of esters is 2. The summed E-state index contributed by atoms with van der Waals surface area (Å²) in [5, 5.41) is 0. The first-order valence-electron chi connectivity index (χ1n) is 15.6. The van der Waals surface area contributed by atoms with Gasteiger partial charge in [0.2, 0.25) is 0 Å². The number of ether oxygens (including phenoxy) is 3. The predicted molar refractivity (Wildman–Crippen MR) is 166 cm³/mol. The van der Waals surface area contributed by atoms with Gasteiger partial charge in [-0.15, -0.1) is 0 Å². The molecule has 238 valence electrons. The van der Waals surface area contributed by atoms with E-state index in [0.717, 1.165) is 36.8 Å². The minimum Gasteiger partial charge on any atom is -0.490 e. The Kier molecular flexibility index (Phi) is 14.3. The third-order valence-corrected chi connectivity index (χ3v) is 7.32. The van der Waals surface area contributed by atoms with E-state index in [9.17, 15) is 22.8 Å². The summed E-state index contributed by atoms with van der Waals surface area (Å²) in [6.07, 6.45) is 2.64. The predicted octanol–water partition coefficient (Wildman–Crippen LogP) is 10.4. The molecule has 0 spiro atoms. The van der Waals surface area contributed by atoms with Crippen LogP contribution >= 0.6 is 0 Å². The van der Waals surface area contributed by atoms with Gasteiger partial charge in [-0.1, -0.05) is 102 Å². The summed E-state index contributed by atoms with van der Waals surface area (Å²) in [6.45, 7) is 4.71. The Bertz CT molecular complexity index is 1290. The van der Waals surface area contributed by atoms with Crippen LogP contribution in [0.5, 0.6) is 11.5 Å². The molecular weight excluding hydrogens is 569 g/mol. The molecule has 0 bridgehead atoms. The zero-order valence-corrected chi connectivity index (χ0v) is 25.7. The number of hydrogen-bond donors (Lipinski definition) is 0. The molecule has 3 aromatic carbocycles. The van der Waals surface area contributed by atoms with Crippen molar-refractivity contribution in [2.24, 2.45) is 0 Å².